The summed E-state index contributed by atoms with van der Waals surface area (Å²) in [5, 5.41) is 0. The van der Waals surface area contributed by atoms with Gasteiger partial charge < -0.3 is 9.80 Å². The van der Waals surface area contributed by atoms with E-state index in [2.05, 4.69) is 218 Å². The zero-order valence-corrected chi connectivity index (χ0v) is 29.9. The molecule has 1 spiro atoms. The second kappa shape index (κ2) is 12.3. The van der Waals surface area contributed by atoms with Crippen LogP contribution in [0.4, 0.5) is 34.1 Å². The van der Waals surface area contributed by atoms with Gasteiger partial charge in [-0.15, -0.1) is 0 Å². The number of anilines is 6. The van der Waals surface area contributed by atoms with E-state index in [-0.39, 0.29) is 0 Å². The monoisotopic (exact) mass is 678 g/mol. The van der Waals surface area contributed by atoms with Crippen molar-refractivity contribution in [2.24, 2.45) is 0 Å². The summed E-state index contributed by atoms with van der Waals surface area (Å²) in [4.78, 5) is 4.78. The van der Waals surface area contributed by atoms with Crippen LogP contribution in [-0.2, 0) is 5.41 Å². The summed E-state index contributed by atoms with van der Waals surface area (Å²) in [5.41, 5.74) is 19.2. The van der Waals surface area contributed by atoms with Crippen LogP contribution in [0, 0.1) is 13.8 Å². The Morgan fingerprint density at radius 3 is 1.02 bits per heavy atom. The molecule has 2 aliphatic carbocycles. The number of fused-ring (bicyclic) bond motifs is 10. The molecule has 0 unspecified atom stereocenters. The molecule has 0 radical (unpaired) electrons. The molecule has 53 heavy (non-hydrogen) atoms. The van der Waals surface area contributed by atoms with Crippen molar-refractivity contribution in [3.05, 3.63) is 228 Å². The van der Waals surface area contributed by atoms with Gasteiger partial charge in [-0.1, -0.05) is 132 Å². The molecular formula is C51H38N2. The third kappa shape index (κ3) is 4.80. The van der Waals surface area contributed by atoms with Gasteiger partial charge in [-0.25, -0.2) is 0 Å². The first kappa shape index (κ1) is 31.1. The molecule has 10 rings (SSSR count). The third-order valence-corrected chi connectivity index (χ3v) is 11.2. The Labute approximate surface area is 311 Å². The van der Waals surface area contributed by atoms with E-state index in [1.807, 2.05) is 0 Å². The fraction of sp³-hybridized carbons (Fsp3) is 0.0588. The van der Waals surface area contributed by atoms with Gasteiger partial charge in [0.2, 0.25) is 0 Å². The Morgan fingerprint density at radius 1 is 0.283 bits per heavy atom. The van der Waals surface area contributed by atoms with E-state index >= 15 is 0 Å². The average molecular weight is 679 g/mol. The van der Waals surface area contributed by atoms with Gasteiger partial charge in [0.05, 0.1) is 5.41 Å². The Hall–Kier alpha value is -6.64. The van der Waals surface area contributed by atoms with Crippen LogP contribution in [0.2, 0.25) is 0 Å². The minimum Gasteiger partial charge on any atom is -0.310 e. The van der Waals surface area contributed by atoms with Crippen LogP contribution < -0.4 is 9.80 Å². The lowest BCUT2D eigenvalue weighted by atomic mass is 9.70. The number of nitrogens with zero attached hydrogens (tertiary/aromatic N) is 2. The topological polar surface area (TPSA) is 6.48 Å². The Kier molecular flexibility index (Phi) is 7.19. The first-order valence-electron chi connectivity index (χ1n) is 18.4. The van der Waals surface area contributed by atoms with Crippen molar-refractivity contribution < 1.29 is 0 Å². The van der Waals surface area contributed by atoms with E-state index in [0.717, 1.165) is 34.1 Å². The van der Waals surface area contributed by atoms with Crippen molar-refractivity contribution in [2.75, 3.05) is 9.80 Å². The van der Waals surface area contributed by atoms with Crippen LogP contribution >= 0.6 is 0 Å². The van der Waals surface area contributed by atoms with Crippen LogP contribution in [0.1, 0.15) is 33.4 Å². The summed E-state index contributed by atoms with van der Waals surface area (Å²) in [5.74, 6) is 0. The highest BCUT2D eigenvalue weighted by molar-refractivity contribution is 5.97. The molecule has 0 atom stereocenters. The summed E-state index contributed by atoms with van der Waals surface area (Å²) in [6, 6.07) is 71.6. The van der Waals surface area contributed by atoms with Gasteiger partial charge in [-0.2, -0.15) is 0 Å². The highest BCUT2D eigenvalue weighted by Gasteiger charge is 2.52. The van der Waals surface area contributed by atoms with Gasteiger partial charge in [0.1, 0.15) is 0 Å². The van der Waals surface area contributed by atoms with E-state index in [9.17, 15) is 0 Å². The minimum atomic E-state index is -0.505. The lowest BCUT2D eigenvalue weighted by Gasteiger charge is -2.33. The Bertz CT molecular complexity index is 2440. The van der Waals surface area contributed by atoms with Crippen molar-refractivity contribution in [3.63, 3.8) is 0 Å². The van der Waals surface area contributed by atoms with Crippen molar-refractivity contribution in [1.29, 1.82) is 0 Å². The molecule has 0 aliphatic heterocycles. The predicted octanol–water partition coefficient (Wildman–Crippen LogP) is 13.6. The molecule has 0 bridgehead atoms. The minimum absolute atomic E-state index is 0.505. The van der Waals surface area contributed by atoms with Crippen LogP contribution in [0.15, 0.2) is 194 Å². The first-order valence-corrected chi connectivity index (χ1v) is 18.4. The lowest BCUT2D eigenvalue weighted by molar-refractivity contribution is 0.793. The van der Waals surface area contributed by atoms with Gasteiger partial charge in [-0.05, 0) is 131 Å². The first-order chi connectivity index (χ1) is 26.1. The number of rotatable bonds is 6. The molecule has 0 fully saturated rings. The SMILES string of the molecule is Cc1ccc(N(c2ccccc2)c2ccc3c(c2)C2(c4ccccc4-3)c3ccccc3-c3ccc(N(c4ccccc4)c4ccc(C)cc4)cc32)cc1. The molecule has 0 N–H and O–H groups in total. The van der Waals surface area contributed by atoms with Gasteiger partial charge in [0, 0.05) is 34.1 Å². The number of para-hydroxylation sites is 2. The van der Waals surface area contributed by atoms with Crippen molar-refractivity contribution in [2.45, 2.75) is 19.3 Å². The van der Waals surface area contributed by atoms with E-state index < -0.39 is 5.41 Å². The standard InChI is InChI=1S/C51H38N2/c1-35-21-25-39(26-22-35)52(37-13-5-3-6-14-37)41-29-31-45-43-17-9-11-19-47(43)51(49(45)33-41)48-20-12-10-18-44(48)46-32-30-42(34-50(46)51)53(38-15-7-4-8-16-38)40-27-23-36(2)24-28-40/h3-34H,1-2H3. The number of hydrogen-bond donors (Lipinski definition) is 0. The largest absolute Gasteiger partial charge is 0.310 e. The molecule has 0 saturated carbocycles. The highest BCUT2D eigenvalue weighted by atomic mass is 15.1. The maximum absolute atomic E-state index is 2.47. The molecule has 8 aromatic carbocycles. The zero-order chi connectivity index (χ0) is 35.5. The second-order valence-corrected chi connectivity index (χ2v) is 14.3. The molecule has 2 heteroatoms. The van der Waals surface area contributed by atoms with E-state index in [1.165, 1.54) is 55.6 Å². The highest BCUT2D eigenvalue weighted by Crippen LogP contribution is 2.64. The van der Waals surface area contributed by atoms with E-state index in [4.69, 9.17) is 0 Å². The molecular weight excluding hydrogens is 641 g/mol. The summed E-state index contributed by atoms with van der Waals surface area (Å²) in [6.07, 6.45) is 0. The third-order valence-electron chi connectivity index (χ3n) is 11.2. The molecule has 252 valence electrons. The number of aryl methyl sites for hydroxylation is 2. The van der Waals surface area contributed by atoms with Gasteiger partial charge in [0.25, 0.3) is 0 Å². The fourth-order valence-electron chi connectivity index (χ4n) is 8.83. The van der Waals surface area contributed by atoms with Crippen molar-refractivity contribution in [3.8, 4) is 22.3 Å². The van der Waals surface area contributed by atoms with Gasteiger partial charge in [-0.3, -0.25) is 0 Å². The summed E-state index contributed by atoms with van der Waals surface area (Å²) >= 11 is 0. The fourth-order valence-corrected chi connectivity index (χ4v) is 8.83. The van der Waals surface area contributed by atoms with Crippen LogP contribution in [-0.4, -0.2) is 0 Å². The quantitative estimate of drug-likeness (QED) is 0.173. The predicted molar refractivity (Wildman–Crippen MR) is 222 cm³/mol. The second-order valence-electron chi connectivity index (χ2n) is 14.3. The molecule has 0 heterocycles. The normalized spacial score (nSPS) is 12.9. The molecule has 0 amide bonds. The molecule has 0 aromatic heterocycles. The number of hydrogen-bond acceptors (Lipinski definition) is 2. The van der Waals surface area contributed by atoms with Crippen molar-refractivity contribution in [1.82, 2.24) is 0 Å². The molecule has 2 nitrogen and oxygen atoms in total. The summed E-state index contributed by atoms with van der Waals surface area (Å²) < 4.78 is 0. The molecule has 0 saturated heterocycles. The van der Waals surface area contributed by atoms with E-state index in [1.54, 1.807) is 0 Å². The molecule has 2 aliphatic rings. The number of benzene rings is 8. The maximum atomic E-state index is 2.47. The van der Waals surface area contributed by atoms with E-state index in [0.29, 0.717) is 0 Å². The van der Waals surface area contributed by atoms with Gasteiger partial charge in [0.15, 0.2) is 0 Å². The molecule has 8 aromatic rings. The average Bonchev–Trinajstić information content (AvgIpc) is 3.67. The van der Waals surface area contributed by atoms with Gasteiger partial charge >= 0.3 is 0 Å². The van der Waals surface area contributed by atoms with Crippen LogP contribution in [0.25, 0.3) is 22.3 Å². The maximum Gasteiger partial charge on any atom is 0.0727 e. The summed E-state index contributed by atoms with van der Waals surface area (Å²) in [6.45, 7) is 4.29. The smallest absolute Gasteiger partial charge is 0.0727 e. The van der Waals surface area contributed by atoms with Crippen LogP contribution in [0.3, 0.4) is 0 Å². The summed E-state index contributed by atoms with van der Waals surface area (Å²) in [7, 11) is 0. The Morgan fingerprint density at radius 2 is 0.604 bits per heavy atom. The van der Waals surface area contributed by atoms with Crippen LogP contribution in [0.5, 0.6) is 0 Å². The Balaban J connectivity index is 1.25. The zero-order valence-electron chi connectivity index (χ0n) is 29.9. The van der Waals surface area contributed by atoms with Crippen molar-refractivity contribution >= 4 is 34.1 Å². The lowest BCUT2D eigenvalue weighted by Crippen LogP contribution is -2.26.